The Kier molecular flexibility index (Phi) is 5.06. The molecule has 0 fully saturated rings. The molecule has 5 heteroatoms. The molecule has 26 heavy (non-hydrogen) atoms. The Hall–Kier alpha value is -3.10. The summed E-state index contributed by atoms with van der Waals surface area (Å²) >= 11 is 1.44. The Morgan fingerprint density at radius 3 is 2.73 bits per heavy atom. The molecule has 0 aliphatic carbocycles. The van der Waals surface area contributed by atoms with Crippen LogP contribution >= 0.6 is 11.3 Å². The summed E-state index contributed by atoms with van der Waals surface area (Å²) in [5, 5.41) is 21.9. The molecule has 3 rings (SSSR count). The average Bonchev–Trinajstić information content (AvgIpc) is 3.10. The van der Waals surface area contributed by atoms with Crippen LogP contribution in [0.5, 0.6) is 11.5 Å². The van der Waals surface area contributed by atoms with Gasteiger partial charge in [0.05, 0.1) is 18.4 Å². The molecule has 0 bridgehead atoms. The summed E-state index contributed by atoms with van der Waals surface area (Å²) < 4.78 is 5.12. The van der Waals surface area contributed by atoms with E-state index in [1.165, 1.54) is 24.0 Å². The second-order valence-corrected chi connectivity index (χ2v) is 6.82. The third-order valence-corrected chi connectivity index (χ3v) is 4.90. The van der Waals surface area contributed by atoms with Crippen molar-refractivity contribution in [3.05, 3.63) is 63.5 Å². The predicted octanol–water partition coefficient (Wildman–Crippen LogP) is 5.21. The number of nitrogens with zero attached hydrogens (tertiary/aromatic N) is 2. The third-order valence-electron chi connectivity index (χ3n) is 4.03. The van der Waals surface area contributed by atoms with E-state index in [1.54, 1.807) is 24.3 Å². The highest BCUT2D eigenvalue weighted by Crippen LogP contribution is 2.31. The lowest BCUT2D eigenvalue weighted by atomic mass is 10.0. The number of hydrogen-bond donors (Lipinski definition) is 1. The van der Waals surface area contributed by atoms with Crippen LogP contribution in [0.15, 0.2) is 41.8 Å². The molecule has 4 nitrogen and oxygen atoms in total. The molecule has 1 N–H and O–H groups in total. The maximum absolute atomic E-state index is 9.70. The molecule has 0 amide bonds. The van der Waals surface area contributed by atoms with Gasteiger partial charge in [0.15, 0.2) is 11.5 Å². The number of allylic oxidation sites excluding steroid dienone is 1. The highest BCUT2D eigenvalue weighted by molar-refractivity contribution is 7.11. The summed E-state index contributed by atoms with van der Waals surface area (Å²) in [5.41, 5.74) is 5.54. The highest BCUT2D eigenvalue weighted by Gasteiger charge is 2.11. The standard InChI is InChI=1S/C21H18N2O2S/c1-13-4-6-17(14(2)8-13)18-12-26-21(23-18)16(11-22)9-15-5-7-19(24)20(10-15)25-3/h4-10,12,24H,1-3H3/b16-9+. The van der Waals surface area contributed by atoms with Crippen molar-refractivity contribution in [2.75, 3.05) is 7.11 Å². The Labute approximate surface area is 156 Å². The molecule has 0 saturated heterocycles. The van der Waals surface area contributed by atoms with Crippen molar-refractivity contribution in [1.82, 2.24) is 4.98 Å². The molecule has 3 aromatic rings. The monoisotopic (exact) mass is 362 g/mol. The quantitative estimate of drug-likeness (QED) is 0.647. The molecular weight excluding hydrogens is 344 g/mol. The van der Waals surface area contributed by atoms with Gasteiger partial charge in [-0.2, -0.15) is 5.26 Å². The third kappa shape index (κ3) is 3.61. The van der Waals surface area contributed by atoms with Crippen molar-refractivity contribution in [2.24, 2.45) is 0 Å². The van der Waals surface area contributed by atoms with Gasteiger partial charge in [-0.05, 0) is 43.2 Å². The fourth-order valence-corrected chi connectivity index (χ4v) is 3.50. The SMILES string of the molecule is COc1cc(/C=C(\C#N)c2nc(-c3ccc(C)cc3C)cs2)ccc1O. The van der Waals surface area contributed by atoms with Crippen LogP contribution in [0.3, 0.4) is 0 Å². The number of ether oxygens (including phenoxy) is 1. The first-order chi connectivity index (χ1) is 12.5. The number of phenols is 1. The Bertz CT molecular complexity index is 1030. The van der Waals surface area contributed by atoms with Gasteiger partial charge in [0, 0.05) is 10.9 Å². The number of thiazole rings is 1. The van der Waals surface area contributed by atoms with Crippen LogP contribution in [-0.2, 0) is 0 Å². The lowest BCUT2D eigenvalue weighted by Gasteiger charge is -2.04. The molecule has 130 valence electrons. The van der Waals surface area contributed by atoms with Crippen LogP contribution in [0.25, 0.3) is 22.9 Å². The first-order valence-electron chi connectivity index (χ1n) is 8.04. The molecule has 0 spiro atoms. The van der Waals surface area contributed by atoms with Crippen molar-refractivity contribution in [3.63, 3.8) is 0 Å². The summed E-state index contributed by atoms with van der Waals surface area (Å²) in [7, 11) is 1.49. The number of aryl methyl sites for hydroxylation is 2. The second-order valence-electron chi connectivity index (χ2n) is 5.96. The van der Waals surface area contributed by atoms with Crippen molar-refractivity contribution in [1.29, 1.82) is 5.26 Å². The minimum absolute atomic E-state index is 0.0644. The zero-order chi connectivity index (χ0) is 18.7. The zero-order valence-corrected chi connectivity index (χ0v) is 15.6. The minimum atomic E-state index is 0.0644. The van der Waals surface area contributed by atoms with Gasteiger partial charge in [0.25, 0.3) is 0 Å². The molecule has 0 aliphatic rings. The number of aromatic hydroxyl groups is 1. The van der Waals surface area contributed by atoms with E-state index in [-0.39, 0.29) is 5.75 Å². The van der Waals surface area contributed by atoms with Gasteiger partial charge in [-0.1, -0.05) is 29.8 Å². The maximum Gasteiger partial charge on any atom is 0.161 e. The summed E-state index contributed by atoms with van der Waals surface area (Å²) in [5.74, 6) is 0.431. The van der Waals surface area contributed by atoms with Gasteiger partial charge in [-0.3, -0.25) is 0 Å². The first kappa shape index (κ1) is 17.7. The van der Waals surface area contributed by atoms with Crippen molar-refractivity contribution >= 4 is 23.0 Å². The Balaban J connectivity index is 1.97. The molecule has 0 atom stereocenters. The fraction of sp³-hybridized carbons (Fsp3) is 0.143. The number of nitriles is 1. The lowest BCUT2D eigenvalue weighted by molar-refractivity contribution is 0.373. The molecule has 0 aliphatic heterocycles. The van der Waals surface area contributed by atoms with Gasteiger partial charge >= 0.3 is 0 Å². The topological polar surface area (TPSA) is 66.1 Å². The fourth-order valence-electron chi connectivity index (χ4n) is 2.71. The average molecular weight is 362 g/mol. The van der Waals surface area contributed by atoms with E-state index in [1.807, 2.05) is 5.38 Å². The van der Waals surface area contributed by atoms with Crippen LogP contribution in [0, 0.1) is 25.2 Å². The van der Waals surface area contributed by atoms with Gasteiger partial charge in [-0.25, -0.2) is 4.98 Å². The molecule has 2 aromatic carbocycles. The smallest absolute Gasteiger partial charge is 0.161 e. The van der Waals surface area contributed by atoms with Crippen molar-refractivity contribution < 1.29 is 9.84 Å². The summed E-state index contributed by atoms with van der Waals surface area (Å²) in [6.07, 6.45) is 1.74. The molecule has 0 radical (unpaired) electrons. The van der Waals surface area contributed by atoms with Crippen molar-refractivity contribution in [2.45, 2.75) is 13.8 Å². The normalized spacial score (nSPS) is 11.2. The number of benzene rings is 2. The van der Waals surface area contributed by atoms with Gasteiger partial charge in [0.2, 0.25) is 0 Å². The Morgan fingerprint density at radius 1 is 1.23 bits per heavy atom. The molecule has 1 aromatic heterocycles. The van der Waals surface area contributed by atoms with Gasteiger partial charge < -0.3 is 9.84 Å². The van der Waals surface area contributed by atoms with E-state index < -0.39 is 0 Å². The summed E-state index contributed by atoms with van der Waals surface area (Å²) in [6, 6.07) is 13.4. The van der Waals surface area contributed by atoms with Crippen LogP contribution < -0.4 is 4.74 Å². The van der Waals surface area contributed by atoms with E-state index in [4.69, 9.17) is 4.74 Å². The van der Waals surface area contributed by atoms with Gasteiger partial charge in [-0.15, -0.1) is 11.3 Å². The van der Waals surface area contributed by atoms with E-state index >= 15 is 0 Å². The molecule has 0 unspecified atom stereocenters. The van der Waals surface area contributed by atoms with E-state index in [0.29, 0.717) is 16.3 Å². The number of methoxy groups -OCH3 is 1. The highest BCUT2D eigenvalue weighted by atomic mass is 32.1. The van der Waals surface area contributed by atoms with Gasteiger partial charge in [0.1, 0.15) is 11.1 Å². The van der Waals surface area contributed by atoms with E-state index in [9.17, 15) is 10.4 Å². The van der Waals surface area contributed by atoms with Crippen LogP contribution in [0.4, 0.5) is 0 Å². The predicted molar refractivity (Wildman–Crippen MR) is 105 cm³/mol. The minimum Gasteiger partial charge on any atom is -0.504 e. The Morgan fingerprint density at radius 2 is 2.04 bits per heavy atom. The number of aromatic nitrogens is 1. The van der Waals surface area contributed by atoms with E-state index in [0.717, 1.165) is 22.4 Å². The molecule has 0 saturated carbocycles. The number of hydrogen-bond acceptors (Lipinski definition) is 5. The van der Waals surface area contributed by atoms with Crippen LogP contribution in [0.2, 0.25) is 0 Å². The molecular formula is C21H18N2O2S. The number of rotatable bonds is 4. The summed E-state index contributed by atoms with van der Waals surface area (Å²) in [6.45, 7) is 4.12. The maximum atomic E-state index is 9.70. The van der Waals surface area contributed by atoms with E-state index in [2.05, 4.69) is 43.1 Å². The molecule has 1 heterocycles. The summed E-state index contributed by atoms with van der Waals surface area (Å²) in [4.78, 5) is 4.65. The lowest BCUT2D eigenvalue weighted by Crippen LogP contribution is -1.87. The van der Waals surface area contributed by atoms with Crippen LogP contribution in [-0.4, -0.2) is 17.2 Å². The number of phenolic OH excluding ortho intramolecular Hbond substituents is 1. The van der Waals surface area contributed by atoms with Crippen LogP contribution in [0.1, 0.15) is 21.7 Å². The largest absolute Gasteiger partial charge is 0.504 e. The second kappa shape index (κ2) is 7.42. The van der Waals surface area contributed by atoms with Crippen molar-refractivity contribution in [3.8, 4) is 28.8 Å². The zero-order valence-electron chi connectivity index (χ0n) is 14.8. The first-order valence-corrected chi connectivity index (χ1v) is 8.92.